The van der Waals surface area contributed by atoms with Crippen LogP contribution in [0.5, 0.6) is 0 Å². The van der Waals surface area contributed by atoms with Crippen molar-refractivity contribution in [3.05, 3.63) is 0 Å². The lowest BCUT2D eigenvalue weighted by molar-refractivity contribution is 0.210. The van der Waals surface area contributed by atoms with E-state index in [2.05, 4.69) is 11.8 Å². The Kier molecular flexibility index (Phi) is 1.46. The second kappa shape index (κ2) is 2.21. The molecule has 2 nitrogen and oxygen atoms in total. The van der Waals surface area contributed by atoms with Crippen LogP contribution in [0, 0.1) is 5.92 Å². The molecule has 0 aromatic rings. The fourth-order valence-corrected chi connectivity index (χ4v) is 2.47. The predicted molar refractivity (Wildman–Crippen MR) is 41.7 cm³/mol. The molecule has 1 heterocycles. The molecule has 10 heavy (non-hydrogen) atoms. The standard InChI is InChI=1S/C8H16N2/c1-2-10-5-6-3-7(10)4-8(6)9/h6-8H,2-5,9H2,1H3/t6-,7-,8-/m0/s1. The molecule has 3 atom stereocenters. The Bertz CT molecular complexity index is 133. The van der Waals surface area contributed by atoms with Gasteiger partial charge in [0.2, 0.25) is 0 Å². The van der Waals surface area contributed by atoms with Crippen LogP contribution in [0.4, 0.5) is 0 Å². The molecule has 58 valence electrons. The van der Waals surface area contributed by atoms with Crippen molar-refractivity contribution in [2.24, 2.45) is 11.7 Å². The second-order valence-corrected chi connectivity index (χ2v) is 3.64. The number of rotatable bonds is 1. The van der Waals surface area contributed by atoms with Crippen LogP contribution < -0.4 is 5.73 Å². The third kappa shape index (κ3) is 0.789. The van der Waals surface area contributed by atoms with Gasteiger partial charge in [-0.2, -0.15) is 0 Å². The van der Waals surface area contributed by atoms with Crippen molar-refractivity contribution in [1.29, 1.82) is 0 Å². The van der Waals surface area contributed by atoms with Gasteiger partial charge in [0.15, 0.2) is 0 Å². The van der Waals surface area contributed by atoms with Gasteiger partial charge in [-0.15, -0.1) is 0 Å². The van der Waals surface area contributed by atoms with Crippen molar-refractivity contribution in [2.75, 3.05) is 13.1 Å². The first kappa shape index (κ1) is 6.62. The summed E-state index contributed by atoms with van der Waals surface area (Å²) < 4.78 is 0. The van der Waals surface area contributed by atoms with Gasteiger partial charge in [-0.3, -0.25) is 0 Å². The number of piperidine rings is 1. The average Bonchev–Trinajstić information content (AvgIpc) is 2.44. The first-order chi connectivity index (χ1) is 4.81. The zero-order valence-electron chi connectivity index (χ0n) is 6.59. The molecule has 1 saturated carbocycles. The average molecular weight is 140 g/mol. The summed E-state index contributed by atoms with van der Waals surface area (Å²) in [5, 5.41) is 0. The lowest BCUT2D eigenvalue weighted by Crippen LogP contribution is -2.40. The van der Waals surface area contributed by atoms with Gasteiger partial charge < -0.3 is 10.6 Å². The molecule has 2 bridgehead atoms. The molecule has 0 aromatic carbocycles. The summed E-state index contributed by atoms with van der Waals surface area (Å²) in [4.78, 5) is 2.56. The summed E-state index contributed by atoms with van der Waals surface area (Å²) in [6.45, 7) is 4.72. The molecule has 1 saturated heterocycles. The van der Waals surface area contributed by atoms with Crippen LogP contribution in [-0.4, -0.2) is 30.1 Å². The van der Waals surface area contributed by atoms with E-state index in [9.17, 15) is 0 Å². The summed E-state index contributed by atoms with van der Waals surface area (Å²) in [5.41, 5.74) is 5.91. The van der Waals surface area contributed by atoms with E-state index in [1.54, 1.807) is 0 Å². The largest absolute Gasteiger partial charge is 0.327 e. The Balaban J connectivity index is 2.02. The maximum absolute atomic E-state index is 5.91. The molecule has 0 radical (unpaired) electrons. The van der Waals surface area contributed by atoms with Crippen LogP contribution in [0.15, 0.2) is 0 Å². The van der Waals surface area contributed by atoms with Gasteiger partial charge >= 0.3 is 0 Å². The third-order valence-corrected chi connectivity index (χ3v) is 3.12. The molecule has 0 amide bonds. The number of fused-ring (bicyclic) bond motifs is 2. The van der Waals surface area contributed by atoms with Crippen molar-refractivity contribution in [1.82, 2.24) is 4.90 Å². The molecular formula is C8H16N2. The summed E-state index contributed by atoms with van der Waals surface area (Å²) in [6.07, 6.45) is 2.62. The van der Waals surface area contributed by atoms with Crippen molar-refractivity contribution in [3.63, 3.8) is 0 Å². The van der Waals surface area contributed by atoms with E-state index in [4.69, 9.17) is 5.73 Å². The van der Waals surface area contributed by atoms with Gasteiger partial charge in [-0.1, -0.05) is 6.92 Å². The highest BCUT2D eigenvalue weighted by Gasteiger charge is 2.41. The zero-order chi connectivity index (χ0) is 7.14. The number of nitrogens with two attached hydrogens (primary N) is 1. The molecule has 0 aromatic heterocycles. The molecule has 2 N–H and O–H groups in total. The van der Waals surface area contributed by atoms with E-state index in [1.807, 2.05) is 0 Å². The number of hydrogen-bond donors (Lipinski definition) is 1. The fraction of sp³-hybridized carbons (Fsp3) is 1.00. The van der Waals surface area contributed by atoms with E-state index in [0.29, 0.717) is 6.04 Å². The van der Waals surface area contributed by atoms with Crippen LogP contribution in [0.25, 0.3) is 0 Å². The van der Waals surface area contributed by atoms with Crippen LogP contribution >= 0.6 is 0 Å². The van der Waals surface area contributed by atoms with Crippen LogP contribution in [-0.2, 0) is 0 Å². The maximum Gasteiger partial charge on any atom is 0.0114 e. The second-order valence-electron chi connectivity index (χ2n) is 3.64. The minimum absolute atomic E-state index is 0.521. The van der Waals surface area contributed by atoms with E-state index in [1.165, 1.54) is 25.9 Å². The Morgan fingerprint density at radius 3 is 2.70 bits per heavy atom. The molecule has 1 aliphatic carbocycles. The maximum atomic E-state index is 5.91. The van der Waals surface area contributed by atoms with Gasteiger partial charge in [-0.25, -0.2) is 0 Å². The molecule has 2 rings (SSSR count). The Hall–Kier alpha value is -0.0800. The molecule has 2 aliphatic rings. The number of hydrogen-bond acceptors (Lipinski definition) is 2. The summed E-state index contributed by atoms with van der Waals surface area (Å²) in [5.74, 6) is 0.824. The van der Waals surface area contributed by atoms with Gasteiger partial charge in [0.25, 0.3) is 0 Å². The van der Waals surface area contributed by atoms with Crippen molar-refractivity contribution in [2.45, 2.75) is 31.8 Å². The molecule has 2 heteroatoms. The molecule has 0 spiro atoms. The van der Waals surface area contributed by atoms with E-state index >= 15 is 0 Å². The topological polar surface area (TPSA) is 29.3 Å². The van der Waals surface area contributed by atoms with Crippen molar-refractivity contribution < 1.29 is 0 Å². The Morgan fingerprint density at radius 2 is 2.30 bits per heavy atom. The highest BCUT2D eigenvalue weighted by Crippen LogP contribution is 2.36. The summed E-state index contributed by atoms with van der Waals surface area (Å²) in [7, 11) is 0. The fourth-order valence-electron chi connectivity index (χ4n) is 2.47. The van der Waals surface area contributed by atoms with Crippen molar-refractivity contribution in [3.8, 4) is 0 Å². The monoisotopic (exact) mass is 140 g/mol. The highest BCUT2D eigenvalue weighted by molar-refractivity contribution is 4.98. The third-order valence-electron chi connectivity index (χ3n) is 3.12. The number of nitrogens with zero attached hydrogens (tertiary/aromatic N) is 1. The van der Waals surface area contributed by atoms with Crippen molar-refractivity contribution >= 4 is 0 Å². The summed E-state index contributed by atoms with van der Waals surface area (Å²) in [6, 6.07) is 1.36. The normalized spacial score (nSPS) is 46.8. The van der Waals surface area contributed by atoms with Gasteiger partial charge in [-0.05, 0) is 25.3 Å². The van der Waals surface area contributed by atoms with E-state index in [0.717, 1.165) is 12.0 Å². The predicted octanol–water partition coefficient (Wildman–Crippen LogP) is 0.428. The lowest BCUT2D eigenvalue weighted by Gasteiger charge is -2.28. The minimum Gasteiger partial charge on any atom is -0.327 e. The first-order valence-corrected chi connectivity index (χ1v) is 4.31. The first-order valence-electron chi connectivity index (χ1n) is 4.31. The number of likely N-dealkylation sites (tertiary alicyclic amines) is 1. The van der Waals surface area contributed by atoms with Crippen LogP contribution in [0.2, 0.25) is 0 Å². The van der Waals surface area contributed by atoms with Crippen LogP contribution in [0.3, 0.4) is 0 Å². The molecule has 1 aliphatic heterocycles. The smallest absolute Gasteiger partial charge is 0.0114 e. The highest BCUT2D eigenvalue weighted by atomic mass is 15.2. The van der Waals surface area contributed by atoms with Crippen LogP contribution in [0.1, 0.15) is 19.8 Å². The molecule has 2 fully saturated rings. The minimum atomic E-state index is 0.521. The Morgan fingerprint density at radius 1 is 1.50 bits per heavy atom. The molecule has 0 unspecified atom stereocenters. The van der Waals surface area contributed by atoms with E-state index in [-0.39, 0.29) is 0 Å². The van der Waals surface area contributed by atoms with Gasteiger partial charge in [0.05, 0.1) is 0 Å². The lowest BCUT2D eigenvalue weighted by atomic mass is 10.0. The molecular weight excluding hydrogens is 124 g/mol. The van der Waals surface area contributed by atoms with Gasteiger partial charge in [0, 0.05) is 18.6 Å². The van der Waals surface area contributed by atoms with E-state index < -0.39 is 0 Å². The SMILES string of the molecule is CCN1C[C@@H]2C[C@H]1C[C@@H]2N. The van der Waals surface area contributed by atoms with Gasteiger partial charge in [0.1, 0.15) is 0 Å². The zero-order valence-corrected chi connectivity index (χ0v) is 6.59. The Labute approximate surface area is 62.4 Å². The summed E-state index contributed by atoms with van der Waals surface area (Å²) >= 11 is 0. The quantitative estimate of drug-likeness (QED) is 0.572.